The van der Waals surface area contributed by atoms with Gasteiger partial charge in [0.25, 0.3) is 5.91 Å². The molecule has 0 unspecified atom stereocenters. The van der Waals surface area contributed by atoms with Crippen molar-refractivity contribution >= 4 is 18.3 Å². The molecule has 0 spiro atoms. The lowest BCUT2D eigenvalue weighted by Gasteiger charge is -2.32. The normalized spacial score (nSPS) is 20.4. The first-order chi connectivity index (χ1) is 13.2. The molecule has 2 aliphatic rings. The molecule has 2 heterocycles. The van der Waals surface area contributed by atoms with E-state index in [9.17, 15) is 4.79 Å². The van der Waals surface area contributed by atoms with E-state index in [0.717, 1.165) is 57.9 Å². The van der Waals surface area contributed by atoms with Crippen molar-refractivity contribution in [2.45, 2.75) is 45.7 Å². The summed E-state index contributed by atoms with van der Waals surface area (Å²) in [6.45, 7) is 10.6. The summed E-state index contributed by atoms with van der Waals surface area (Å²) in [5, 5.41) is 3.47. The minimum Gasteiger partial charge on any atom is -0.490 e. The molecule has 1 amide bonds. The van der Waals surface area contributed by atoms with Gasteiger partial charge in [0.05, 0.1) is 6.61 Å². The zero-order valence-electron chi connectivity index (χ0n) is 17.1. The molecule has 2 fully saturated rings. The number of carbonyl (C=O) groups is 1. The van der Waals surface area contributed by atoms with Gasteiger partial charge in [-0.15, -0.1) is 12.4 Å². The number of halogens is 1. The number of hydrogen-bond acceptors (Lipinski definition) is 5. The van der Waals surface area contributed by atoms with Crippen LogP contribution < -0.4 is 14.8 Å². The predicted molar refractivity (Wildman–Crippen MR) is 114 cm³/mol. The number of piperazine rings is 1. The number of likely N-dealkylation sites (tertiary alicyclic amines) is 1. The Hall–Kier alpha value is -1.50. The van der Waals surface area contributed by atoms with E-state index in [2.05, 4.69) is 29.3 Å². The van der Waals surface area contributed by atoms with E-state index in [1.165, 1.54) is 12.0 Å². The fourth-order valence-corrected chi connectivity index (χ4v) is 3.83. The first-order valence-corrected chi connectivity index (χ1v) is 10.3. The Morgan fingerprint density at radius 3 is 2.64 bits per heavy atom. The Bertz CT molecular complexity index is 623. The third kappa shape index (κ3) is 6.54. The molecule has 2 saturated heterocycles. The summed E-state index contributed by atoms with van der Waals surface area (Å²) >= 11 is 0. The van der Waals surface area contributed by atoms with Crippen LogP contribution in [0.3, 0.4) is 0 Å². The van der Waals surface area contributed by atoms with Crippen LogP contribution in [0.5, 0.6) is 11.5 Å². The lowest BCUT2D eigenvalue weighted by atomic mass is 10.1. The number of amides is 1. The van der Waals surface area contributed by atoms with Crippen molar-refractivity contribution in [1.29, 1.82) is 0 Å². The second kappa shape index (κ2) is 11.5. The molecular formula is C21H34ClN3O3. The summed E-state index contributed by atoms with van der Waals surface area (Å²) in [4.78, 5) is 16.7. The zero-order chi connectivity index (χ0) is 19.1. The van der Waals surface area contributed by atoms with E-state index in [0.29, 0.717) is 18.4 Å². The van der Waals surface area contributed by atoms with Gasteiger partial charge in [0.2, 0.25) is 0 Å². The number of piperidine rings is 1. The topological polar surface area (TPSA) is 54.0 Å². The van der Waals surface area contributed by atoms with E-state index in [1.807, 2.05) is 17.9 Å². The molecule has 1 atom stereocenters. The van der Waals surface area contributed by atoms with Crippen molar-refractivity contribution in [2.75, 3.05) is 45.9 Å². The van der Waals surface area contributed by atoms with Crippen LogP contribution in [-0.4, -0.2) is 67.7 Å². The molecule has 1 aromatic carbocycles. The van der Waals surface area contributed by atoms with Gasteiger partial charge in [0.1, 0.15) is 0 Å². The Morgan fingerprint density at radius 1 is 1.14 bits per heavy atom. The number of rotatable bonds is 7. The summed E-state index contributed by atoms with van der Waals surface area (Å²) in [5.41, 5.74) is 1.21. The molecule has 3 rings (SSSR count). The molecule has 0 saturated carbocycles. The quantitative estimate of drug-likeness (QED) is 0.747. The molecule has 0 radical (unpaired) electrons. The predicted octanol–water partition coefficient (Wildman–Crippen LogP) is 2.69. The lowest BCUT2D eigenvalue weighted by Crippen LogP contribution is -2.48. The maximum absolute atomic E-state index is 12.3. The van der Waals surface area contributed by atoms with Crippen LogP contribution in [0, 0.1) is 0 Å². The first-order valence-electron chi connectivity index (χ1n) is 10.3. The third-order valence-electron chi connectivity index (χ3n) is 5.23. The molecule has 2 aliphatic heterocycles. The number of nitrogens with zero attached hydrogens (tertiary/aromatic N) is 2. The highest BCUT2D eigenvalue weighted by atomic mass is 35.5. The smallest absolute Gasteiger partial charge is 0.260 e. The Morgan fingerprint density at radius 2 is 1.93 bits per heavy atom. The summed E-state index contributed by atoms with van der Waals surface area (Å²) in [5.74, 6) is 1.44. The minimum atomic E-state index is 0. The highest BCUT2D eigenvalue weighted by molar-refractivity contribution is 5.85. The number of carbonyl (C=O) groups excluding carboxylic acids is 1. The van der Waals surface area contributed by atoms with Crippen LogP contribution in [0.15, 0.2) is 18.2 Å². The monoisotopic (exact) mass is 411 g/mol. The van der Waals surface area contributed by atoms with Gasteiger partial charge in [-0.2, -0.15) is 0 Å². The molecule has 0 aliphatic carbocycles. The maximum Gasteiger partial charge on any atom is 0.260 e. The van der Waals surface area contributed by atoms with Crippen molar-refractivity contribution in [1.82, 2.24) is 15.1 Å². The number of nitrogens with one attached hydrogen (secondary N) is 1. The number of hydrogen-bond donors (Lipinski definition) is 1. The van der Waals surface area contributed by atoms with Gasteiger partial charge >= 0.3 is 0 Å². The van der Waals surface area contributed by atoms with Crippen LogP contribution >= 0.6 is 12.4 Å². The molecule has 28 heavy (non-hydrogen) atoms. The van der Waals surface area contributed by atoms with Crippen LogP contribution in [0.4, 0.5) is 0 Å². The Balaban J connectivity index is 0.00000280. The largest absolute Gasteiger partial charge is 0.490 e. The molecular weight excluding hydrogens is 378 g/mol. The minimum absolute atomic E-state index is 0. The van der Waals surface area contributed by atoms with Crippen molar-refractivity contribution in [3.8, 4) is 11.5 Å². The second-order valence-electron chi connectivity index (χ2n) is 7.53. The van der Waals surface area contributed by atoms with Gasteiger partial charge in [-0.1, -0.05) is 6.07 Å². The SMILES string of the molecule is CCOc1cc(CN2CCN[C@H](C)C2)ccc1OCC(=O)N1CCCCC1.Cl. The number of benzene rings is 1. The fourth-order valence-electron chi connectivity index (χ4n) is 3.83. The van der Waals surface area contributed by atoms with Gasteiger partial charge in [-0.25, -0.2) is 0 Å². The molecule has 7 heteroatoms. The lowest BCUT2D eigenvalue weighted by molar-refractivity contribution is -0.134. The summed E-state index contributed by atoms with van der Waals surface area (Å²) in [6, 6.07) is 6.59. The van der Waals surface area contributed by atoms with E-state index < -0.39 is 0 Å². The average Bonchev–Trinajstić information content (AvgIpc) is 2.68. The highest BCUT2D eigenvalue weighted by Gasteiger charge is 2.19. The molecule has 0 bridgehead atoms. The van der Waals surface area contributed by atoms with Gasteiger partial charge in [0, 0.05) is 45.3 Å². The van der Waals surface area contributed by atoms with E-state index in [-0.39, 0.29) is 24.9 Å². The maximum atomic E-state index is 12.3. The van der Waals surface area contributed by atoms with Crippen LogP contribution in [0.1, 0.15) is 38.7 Å². The molecule has 0 aromatic heterocycles. The molecule has 158 valence electrons. The Labute approximate surface area is 175 Å². The van der Waals surface area contributed by atoms with Crippen molar-refractivity contribution in [3.05, 3.63) is 23.8 Å². The van der Waals surface area contributed by atoms with Gasteiger partial charge in [-0.3, -0.25) is 9.69 Å². The fraction of sp³-hybridized carbons (Fsp3) is 0.667. The van der Waals surface area contributed by atoms with E-state index in [4.69, 9.17) is 9.47 Å². The van der Waals surface area contributed by atoms with Crippen molar-refractivity contribution in [2.24, 2.45) is 0 Å². The summed E-state index contributed by atoms with van der Waals surface area (Å²) in [6.07, 6.45) is 3.40. The summed E-state index contributed by atoms with van der Waals surface area (Å²) in [7, 11) is 0. The van der Waals surface area contributed by atoms with Gasteiger partial charge in [-0.05, 0) is 50.8 Å². The first kappa shape index (κ1) is 22.8. The number of ether oxygens (including phenoxy) is 2. The zero-order valence-corrected chi connectivity index (χ0v) is 17.9. The second-order valence-corrected chi connectivity index (χ2v) is 7.53. The highest BCUT2D eigenvalue weighted by Crippen LogP contribution is 2.29. The van der Waals surface area contributed by atoms with Gasteiger partial charge in [0.15, 0.2) is 18.1 Å². The standard InChI is InChI=1S/C21H33N3O3.ClH/c1-3-26-20-13-18(15-23-12-9-22-17(2)14-23)7-8-19(20)27-16-21(25)24-10-5-4-6-11-24;/h7-8,13,17,22H,3-6,9-12,14-16H2,1-2H3;1H/t17-;/m1./s1. The van der Waals surface area contributed by atoms with Crippen LogP contribution in [0.2, 0.25) is 0 Å². The van der Waals surface area contributed by atoms with E-state index >= 15 is 0 Å². The van der Waals surface area contributed by atoms with Crippen molar-refractivity contribution in [3.63, 3.8) is 0 Å². The van der Waals surface area contributed by atoms with Crippen molar-refractivity contribution < 1.29 is 14.3 Å². The molecule has 1 N–H and O–H groups in total. The van der Waals surface area contributed by atoms with E-state index in [1.54, 1.807) is 0 Å². The average molecular weight is 412 g/mol. The van der Waals surface area contributed by atoms with Crippen LogP contribution in [-0.2, 0) is 11.3 Å². The molecule has 1 aromatic rings. The van der Waals surface area contributed by atoms with Crippen LogP contribution in [0.25, 0.3) is 0 Å². The van der Waals surface area contributed by atoms with Gasteiger partial charge < -0.3 is 19.7 Å². The molecule has 6 nitrogen and oxygen atoms in total. The third-order valence-corrected chi connectivity index (χ3v) is 5.23. The Kier molecular flexibility index (Phi) is 9.35. The summed E-state index contributed by atoms with van der Waals surface area (Å²) < 4.78 is 11.6.